The average molecular weight is 440 g/mol. The second kappa shape index (κ2) is 9.35. The third kappa shape index (κ3) is 5.07. The molecule has 2 aromatic heterocycles. The topological polar surface area (TPSA) is 103 Å². The summed E-state index contributed by atoms with van der Waals surface area (Å²) in [6.45, 7) is 9.27. The van der Waals surface area contributed by atoms with Crippen molar-refractivity contribution in [1.82, 2.24) is 19.7 Å². The lowest BCUT2D eigenvalue weighted by Crippen LogP contribution is -1.99. The fraction of sp³-hybridized carbons (Fsp3) is 0.120. The maximum Gasteiger partial charge on any atom is 0.162 e. The first-order valence-corrected chi connectivity index (χ1v) is 10.4. The average Bonchev–Trinajstić information content (AvgIpc) is 3.25. The van der Waals surface area contributed by atoms with Crippen molar-refractivity contribution in [2.24, 2.45) is 4.99 Å². The molecule has 2 heterocycles. The van der Waals surface area contributed by atoms with E-state index in [-0.39, 0.29) is 0 Å². The fourth-order valence-electron chi connectivity index (χ4n) is 3.17. The van der Waals surface area contributed by atoms with E-state index in [4.69, 9.17) is 10.5 Å². The summed E-state index contributed by atoms with van der Waals surface area (Å²) < 4.78 is 7.72. The number of hydrogen-bond donors (Lipinski definition) is 2. The molecule has 0 bridgehead atoms. The number of aromatic nitrogens is 4. The van der Waals surface area contributed by atoms with E-state index in [1.165, 1.54) is 6.33 Å². The zero-order valence-electron chi connectivity index (χ0n) is 18.8. The van der Waals surface area contributed by atoms with Gasteiger partial charge in [-0.2, -0.15) is 5.10 Å². The van der Waals surface area contributed by atoms with Crippen LogP contribution in [0.3, 0.4) is 0 Å². The maximum absolute atomic E-state index is 5.95. The summed E-state index contributed by atoms with van der Waals surface area (Å²) in [4.78, 5) is 12.6. The molecule has 0 saturated carbocycles. The van der Waals surface area contributed by atoms with E-state index in [1.54, 1.807) is 4.68 Å². The van der Waals surface area contributed by atoms with Gasteiger partial charge in [-0.15, -0.1) is 0 Å². The van der Waals surface area contributed by atoms with Crippen molar-refractivity contribution in [2.45, 2.75) is 20.8 Å². The van der Waals surface area contributed by atoms with Crippen molar-refractivity contribution in [3.8, 4) is 11.4 Å². The molecule has 0 fully saturated rings. The van der Waals surface area contributed by atoms with E-state index in [0.717, 1.165) is 39.7 Å². The van der Waals surface area contributed by atoms with Gasteiger partial charge < -0.3 is 15.8 Å². The van der Waals surface area contributed by atoms with Crippen LogP contribution < -0.4 is 15.8 Å². The van der Waals surface area contributed by atoms with E-state index in [2.05, 4.69) is 32.1 Å². The number of nitrogens with one attached hydrogen (secondary N) is 1. The Bertz CT molecular complexity index is 1370. The van der Waals surface area contributed by atoms with Gasteiger partial charge in [0.1, 0.15) is 23.4 Å². The minimum Gasteiger partial charge on any atom is -0.462 e. The van der Waals surface area contributed by atoms with Crippen LogP contribution >= 0.6 is 0 Å². The Balaban J connectivity index is 1.56. The highest BCUT2D eigenvalue weighted by Gasteiger charge is 2.11. The lowest BCUT2D eigenvalue weighted by atomic mass is 10.2. The summed E-state index contributed by atoms with van der Waals surface area (Å²) in [6, 6.07) is 13.3. The van der Waals surface area contributed by atoms with Crippen LogP contribution in [0.5, 0.6) is 5.75 Å². The molecule has 3 N–H and O–H groups in total. The summed E-state index contributed by atoms with van der Waals surface area (Å²) in [5.74, 6) is 2.15. The Morgan fingerprint density at radius 2 is 1.91 bits per heavy atom. The zero-order chi connectivity index (χ0) is 23.4. The van der Waals surface area contributed by atoms with Gasteiger partial charge in [0.2, 0.25) is 0 Å². The molecule has 0 atom stereocenters. The minimum absolute atomic E-state index is 0.621. The summed E-state index contributed by atoms with van der Waals surface area (Å²) >= 11 is 0. The third-order valence-corrected chi connectivity index (χ3v) is 4.98. The smallest absolute Gasteiger partial charge is 0.162 e. The quantitative estimate of drug-likeness (QED) is 0.174. The van der Waals surface area contributed by atoms with Crippen LogP contribution in [0.1, 0.15) is 19.4 Å². The maximum atomic E-state index is 5.95. The molecule has 33 heavy (non-hydrogen) atoms. The van der Waals surface area contributed by atoms with E-state index in [9.17, 15) is 0 Å². The lowest BCUT2D eigenvalue weighted by molar-refractivity contribution is 0.425. The van der Waals surface area contributed by atoms with Gasteiger partial charge in [0.05, 0.1) is 11.9 Å². The van der Waals surface area contributed by atoms with Crippen molar-refractivity contribution in [1.29, 1.82) is 0 Å². The van der Waals surface area contributed by atoms with Gasteiger partial charge in [-0.05, 0) is 87.7 Å². The first-order valence-electron chi connectivity index (χ1n) is 10.4. The molecule has 0 unspecified atom stereocenters. The van der Waals surface area contributed by atoms with Crippen LogP contribution in [-0.4, -0.2) is 26.5 Å². The molecule has 0 amide bonds. The first-order chi connectivity index (χ1) is 15.9. The number of anilines is 3. The van der Waals surface area contributed by atoms with E-state index in [0.29, 0.717) is 17.0 Å². The van der Waals surface area contributed by atoms with Crippen molar-refractivity contribution in [3.05, 3.63) is 84.2 Å². The molecule has 2 aromatic carbocycles. The number of nitrogen functional groups attached to an aromatic ring is 1. The summed E-state index contributed by atoms with van der Waals surface area (Å²) in [5, 5.41) is 8.01. The number of fused-ring (bicyclic) bond motifs is 1. The van der Waals surface area contributed by atoms with Gasteiger partial charge in [-0.3, -0.25) is 4.99 Å². The number of nitrogens with zero attached hydrogens (tertiary/aromatic N) is 5. The third-order valence-electron chi connectivity index (χ3n) is 4.98. The Labute approximate surface area is 192 Å². The van der Waals surface area contributed by atoms with Gasteiger partial charge in [0, 0.05) is 17.1 Å². The second-order valence-corrected chi connectivity index (χ2v) is 7.57. The summed E-state index contributed by atoms with van der Waals surface area (Å²) in [5.41, 5.74) is 11.5. The minimum atomic E-state index is 0.621. The van der Waals surface area contributed by atoms with Crippen LogP contribution in [-0.2, 0) is 0 Å². The monoisotopic (exact) mass is 439 g/mol. The van der Waals surface area contributed by atoms with Crippen molar-refractivity contribution in [3.63, 3.8) is 0 Å². The molecule has 4 aromatic rings. The molecular formula is C25H25N7O. The molecule has 0 aliphatic rings. The van der Waals surface area contributed by atoms with Crippen LogP contribution in [0.25, 0.3) is 16.7 Å². The lowest BCUT2D eigenvalue weighted by Gasteiger charge is -2.11. The predicted molar refractivity (Wildman–Crippen MR) is 133 cm³/mol. The van der Waals surface area contributed by atoms with Crippen LogP contribution in [0.2, 0.25) is 0 Å². The van der Waals surface area contributed by atoms with Crippen molar-refractivity contribution < 1.29 is 4.74 Å². The van der Waals surface area contributed by atoms with Crippen LogP contribution in [0, 0.1) is 6.92 Å². The second-order valence-electron chi connectivity index (χ2n) is 7.57. The van der Waals surface area contributed by atoms with Gasteiger partial charge >= 0.3 is 0 Å². The molecule has 0 saturated heterocycles. The summed E-state index contributed by atoms with van der Waals surface area (Å²) in [6.07, 6.45) is 7.11. The highest BCUT2D eigenvalue weighted by atomic mass is 16.5. The Morgan fingerprint density at radius 3 is 2.64 bits per heavy atom. The molecule has 0 aliphatic carbocycles. The molecule has 166 valence electrons. The predicted octanol–water partition coefficient (Wildman–Crippen LogP) is 5.34. The zero-order valence-corrected chi connectivity index (χ0v) is 18.8. The number of ether oxygens (including phenoxy) is 1. The molecule has 0 aliphatic heterocycles. The Hall–Kier alpha value is -4.46. The number of allylic oxidation sites excluding steroid dienone is 4. The van der Waals surface area contributed by atoms with Gasteiger partial charge in [0.15, 0.2) is 11.3 Å². The van der Waals surface area contributed by atoms with Gasteiger partial charge in [-0.25, -0.2) is 14.6 Å². The SMILES string of the molecule is C=N/C(C)=C\C=C(/C)Oc1ccc(Nc2ncnc3cn(-c4ccc(N)cc4)nc23)cc1C. The molecule has 4 rings (SSSR count). The fourth-order valence-corrected chi connectivity index (χ4v) is 3.17. The van der Waals surface area contributed by atoms with E-state index in [1.807, 2.05) is 81.6 Å². The first kappa shape index (κ1) is 21.8. The van der Waals surface area contributed by atoms with Crippen LogP contribution in [0.4, 0.5) is 17.2 Å². The standard InChI is InChI=1S/C25H25N7O/c1-16-13-20(9-12-23(16)33-18(3)6-5-17(2)27-4)30-25-24-22(28-15-29-25)14-32(31-24)21-10-7-19(26)8-11-21/h5-15H,4,26H2,1-3H3,(H,28,29,30)/b17-5-,18-6+. The Kier molecular flexibility index (Phi) is 6.17. The number of rotatable bonds is 7. The van der Waals surface area contributed by atoms with Gasteiger partial charge in [0.25, 0.3) is 0 Å². The molecular weight excluding hydrogens is 414 g/mol. The summed E-state index contributed by atoms with van der Waals surface area (Å²) in [7, 11) is 0. The molecule has 8 heteroatoms. The van der Waals surface area contributed by atoms with E-state index < -0.39 is 0 Å². The number of nitrogens with two attached hydrogens (primary N) is 1. The normalized spacial score (nSPS) is 12.1. The van der Waals surface area contributed by atoms with Gasteiger partial charge in [-0.1, -0.05) is 0 Å². The number of hydrogen-bond acceptors (Lipinski definition) is 7. The molecule has 0 spiro atoms. The number of aliphatic imine (C=N–C) groups is 1. The van der Waals surface area contributed by atoms with E-state index >= 15 is 0 Å². The van der Waals surface area contributed by atoms with Crippen molar-refractivity contribution >= 4 is 34.9 Å². The highest BCUT2D eigenvalue weighted by molar-refractivity contribution is 5.87. The van der Waals surface area contributed by atoms with Crippen molar-refractivity contribution in [2.75, 3.05) is 11.1 Å². The number of benzene rings is 2. The largest absolute Gasteiger partial charge is 0.462 e. The highest BCUT2D eigenvalue weighted by Crippen LogP contribution is 2.27. The van der Waals surface area contributed by atoms with Crippen LogP contribution in [0.15, 0.2) is 83.6 Å². The number of aryl methyl sites for hydroxylation is 1. The molecule has 8 nitrogen and oxygen atoms in total. The molecule has 0 radical (unpaired) electrons. The Morgan fingerprint density at radius 1 is 1.12 bits per heavy atom.